The number of fused-ring (bicyclic) bond motifs is 1. The molecule has 2 aromatic heterocycles. The monoisotopic (exact) mass is 425 g/mol. The molecular formula is C17H13Cl2N3O4S. The van der Waals surface area contributed by atoms with Gasteiger partial charge in [-0.2, -0.15) is 0 Å². The van der Waals surface area contributed by atoms with Gasteiger partial charge >= 0.3 is 5.97 Å². The number of amides is 1. The third kappa shape index (κ3) is 3.97. The normalized spacial score (nSPS) is 10.8. The molecule has 0 saturated heterocycles. The Morgan fingerprint density at radius 3 is 2.85 bits per heavy atom. The van der Waals surface area contributed by atoms with E-state index in [4.69, 9.17) is 27.9 Å². The van der Waals surface area contributed by atoms with Gasteiger partial charge in [0.15, 0.2) is 0 Å². The number of thiophene rings is 1. The van der Waals surface area contributed by atoms with Gasteiger partial charge in [0.2, 0.25) is 5.91 Å². The molecule has 0 spiro atoms. The number of carbonyl (C=O) groups is 2. The lowest BCUT2D eigenvalue weighted by Crippen LogP contribution is -2.28. The number of hydrogen-bond acceptors (Lipinski definition) is 6. The molecule has 1 amide bonds. The van der Waals surface area contributed by atoms with Crippen molar-refractivity contribution in [2.45, 2.75) is 13.5 Å². The molecular weight excluding hydrogens is 413 g/mol. The molecule has 0 saturated carbocycles. The van der Waals surface area contributed by atoms with Gasteiger partial charge in [-0.05, 0) is 19.1 Å². The lowest BCUT2D eigenvalue weighted by Gasteiger charge is -2.09. The highest BCUT2D eigenvalue weighted by atomic mass is 35.5. The van der Waals surface area contributed by atoms with E-state index in [1.807, 2.05) is 0 Å². The number of esters is 1. The second-order valence-electron chi connectivity index (χ2n) is 5.38. The maximum absolute atomic E-state index is 12.7. The molecule has 27 heavy (non-hydrogen) atoms. The summed E-state index contributed by atoms with van der Waals surface area (Å²) in [7, 11) is 0. The van der Waals surface area contributed by atoms with Gasteiger partial charge in [0, 0.05) is 5.38 Å². The molecule has 2 heterocycles. The van der Waals surface area contributed by atoms with E-state index in [0.29, 0.717) is 15.5 Å². The first-order chi connectivity index (χ1) is 12.9. The molecule has 0 atom stereocenters. The summed E-state index contributed by atoms with van der Waals surface area (Å²) in [6, 6.07) is 4.82. The zero-order chi connectivity index (χ0) is 19.6. The van der Waals surface area contributed by atoms with E-state index in [0.717, 1.165) is 15.9 Å². The number of hydrogen-bond donors (Lipinski definition) is 1. The first-order valence-electron chi connectivity index (χ1n) is 7.80. The van der Waals surface area contributed by atoms with E-state index in [1.54, 1.807) is 25.1 Å². The van der Waals surface area contributed by atoms with Crippen LogP contribution in [0.1, 0.15) is 17.3 Å². The third-order valence-electron chi connectivity index (χ3n) is 3.60. The van der Waals surface area contributed by atoms with Gasteiger partial charge < -0.3 is 10.1 Å². The van der Waals surface area contributed by atoms with Crippen LogP contribution in [0.15, 0.2) is 34.7 Å². The molecule has 0 fully saturated rings. The van der Waals surface area contributed by atoms with E-state index in [2.05, 4.69) is 10.3 Å². The fourth-order valence-corrected chi connectivity index (χ4v) is 3.60. The van der Waals surface area contributed by atoms with Crippen molar-refractivity contribution in [2.75, 3.05) is 11.9 Å². The number of rotatable bonds is 5. The van der Waals surface area contributed by atoms with Crippen molar-refractivity contribution in [1.82, 2.24) is 9.55 Å². The minimum absolute atomic E-state index is 0.134. The Hall–Kier alpha value is -2.42. The summed E-state index contributed by atoms with van der Waals surface area (Å²) >= 11 is 13.1. The van der Waals surface area contributed by atoms with E-state index in [1.165, 1.54) is 11.7 Å². The van der Waals surface area contributed by atoms with Gasteiger partial charge in [0.05, 0.1) is 39.6 Å². The van der Waals surface area contributed by atoms with Crippen molar-refractivity contribution in [3.63, 3.8) is 0 Å². The lowest BCUT2D eigenvalue weighted by atomic mass is 10.2. The van der Waals surface area contributed by atoms with Crippen LogP contribution in [-0.4, -0.2) is 28.0 Å². The summed E-state index contributed by atoms with van der Waals surface area (Å²) < 4.78 is 6.08. The number of nitrogens with one attached hydrogen (secondary N) is 1. The molecule has 0 bridgehead atoms. The highest BCUT2D eigenvalue weighted by Crippen LogP contribution is 2.29. The molecule has 1 N–H and O–H groups in total. The van der Waals surface area contributed by atoms with Gasteiger partial charge in [-0.15, -0.1) is 11.3 Å². The van der Waals surface area contributed by atoms with Crippen LogP contribution in [-0.2, 0) is 16.1 Å². The van der Waals surface area contributed by atoms with E-state index >= 15 is 0 Å². The standard InChI is InChI=1S/C17H13Cl2N3O4S/c1-2-26-17(25)9-7-27-15-13(9)16(24)22(8-20-15)6-12(23)21-11-5-3-4-10(18)14(11)19/h3-5,7-8H,2,6H2,1H3,(H,21,23). The van der Waals surface area contributed by atoms with Crippen molar-refractivity contribution in [1.29, 1.82) is 0 Å². The maximum Gasteiger partial charge on any atom is 0.339 e. The van der Waals surface area contributed by atoms with Crippen LogP contribution in [0.5, 0.6) is 0 Å². The Kier molecular flexibility index (Phi) is 5.79. The van der Waals surface area contributed by atoms with Crippen LogP contribution in [0.2, 0.25) is 10.0 Å². The number of anilines is 1. The zero-order valence-electron chi connectivity index (χ0n) is 14.0. The molecule has 0 aliphatic carbocycles. The number of nitrogens with zero attached hydrogens (tertiary/aromatic N) is 2. The van der Waals surface area contributed by atoms with E-state index in [-0.39, 0.29) is 29.1 Å². The summed E-state index contributed by atoms with van der Waals surface area (Å²) in [6.07, 6.45) is 1.26. The SMILES string of the molecule is CCOC(=O)c1csc2ncn(CC(=O)Nc3cccc(Cl)c3Cl)c(=O)c12. The van der Waals surface area contributed by atoms with E-state index in [9.17, 15) is 14.4 Å². The average molecular weight is 426 g/mol. The Morgan fingerprint density at radius 1 is 1.33 bits per heavy atom. The highest BCUT2D eigenvalue weighted by Gasteiger charge is 2.19. The maximum atomic E-state index is 12.7. The number of aromatic nitrogens is 2. The highest BCUT2D eigenvalue weighted by molar-refractivity contribution is 7.17. The zero-order valence-corrected chi connectivity index (χ0v) is 16.3. The molecule has 0 unspecified atom stereocenters. The summed E-state index contributed by atoms with van der Waals surface area (Å²) in [4.78, 5) is 41.6. The first kappa shape index (κ1) is 19.3. The average Bonchev–Trinajstić information content (AvgIpc) is 3.06. The van der Waals surface area contributed by atoms with Crippen molar-refractivity contribution in [2.24, 2.45) is 0 Å². The molecule has 0 aliphatic rings. The minimum Gasteiger partial charge on any atom is -0.462 e. The molecule has 7 nitrogen and oxygen atoms in total. The van der Waals surface area contributed by atoms with Gasteiger partial charge in [0.25, 0.3) is 5.56 Å². The van der Waals surface area contributed by atoms with Crippen LogP contribution < -0.4 is 10.9 Å². The summed E-state index contributed by atoms with van der Waals surface area (Å²) in [5.74, 6) is -1.09. The van der Waals surface area contributed by atoms with Crippen molar-refractivity contribution >= 4 is 62.3 Å². The largest absolute Gasteiger partial charge is 0.462 e. The van der Waals surface area contributed by atoms with E-state index < -0.39 is 17.4 Å². The number of carbonyl (C=O) groups excluding carboxylic acids is 2. The first-order valence-corrected chi connectivity index (χ1v) is 9.43. The quantitative estimate of drug-likeness (QED) is 0.630. The van der Waals surface area contributed by atoms with Gasteiger partial charge in [-0.1, -0.05) is 29.3 Å². The summed E-state index contributed by atoms with van der Waals surface area (Å²) in [6.45, 7) is 1.56. The van der Waals surface area contributed by atoms with Crippen LogP contribution >= 0.6 is 34.5 Å². The fraction of sp³-hybridized carbons (Fsp3) is 0.176. The molecule has 1 aromatic carbocycles. The predicted octanol–water partition coefficient (Wildman–Crippen LogP) is 3.58. The Labute approximate surface area is 167 Å². The molecule has 10 heteroatoms. The number of halogens is 2. The Morgan fingerprint density at radius 2 is 2.11 bits per heavy atom. The molecule has 140 valence electrons. The lowest BCUT2D eigenvalue weighted by molar-refractivity contribution is -0.116. The Bertz CT molecular complexity index is 1090. The van der Waals surface area contributed by atoms with Crippen molar-refractivity contribution in [3.05, 3.63) is 55.9 Å². The predicted molar refractivity (Wildman–Crippen MR) is 105 cm³/mol. The van der Waals surface area contributed by atoms with Gasteiger partial charge in [0.1, 0.15) is 11.4 Å². The minimum atomic E-state index is -0.601. The molecule has 3 rings (SSSR count). The third-order valence-corrected chi connectivity index (χ3v) is 5.30. The molecule has 0 radical (unpaired) electrons. The van der Waals surface area contributed by atoms with Crippen LogP contribution in [0.3, 0.4) is 0 Å². The number of ether oxygens (including phenoxy) is 1. The van der Waals surface area contributed by atoms with Crippen molar-refractivity contribution < 1.29 is 14.3 Å². The Balaban J connectivity index is 1.89. The van der Waals surface area contributed by atoms with Crippen LogP contribution in [0.25, 0.3) is 10.2 Å². The second kappa shape index (κ2) is 8.08. The molecule has 0 aliphatic heterocycles. The number of benzene rings is 1. The van der Waals surface area contributed by atoms with Crippen molar-refractivity contribution in [3.8, 4) is 0 Å². The summed E-state index contributed by atoms with van der Waals surface area (Å²) in [5, 5.41) is 4.75. The second-order valence-corrected chi connectivity index (χ2v) is 7.02. The van der Waals surface area contributed by atoms with Crippen LogP contribution in [0, 0.1) is 0 Å². The fourth-order valence-electron chi connectivity index (χ4n) is 2.38. The van der Waals surface area contributed by atoms with Gasteiger partial charge in [-0.25, -0.2) is 9.78 Å². The van der Waals surface area contributed by atoms with Gasteiger partial charge in [-0.3, -0.25) is 14.2 Å². The summed E-state index contributed by atoms with van der Waals surface area (Å²) in [5.41, 5.74) is -0.0300. The topological polar surface area (TPSA) is 90.3 Å². The van der Waals surface area contributed by atoms with Crippen LogP contribution in [0.4, 0.5) is 5.69 Å². The molecule has 3 aromatic rings. The smallest absolute Gasteiger partial charge is 0.339 e.